The average molecular weight is 418 g/mol. The number of hydrogen-bond acceptors (Lipinski definition) is 4. The van der Waals surface area contributed by atoms with Gasteiger partial charge in [0.05, 0.1) is 0 Å². The Balaban J connectivity index is 1.60. The Kier molecular flexibility index (Phi) is 5.90. The number of fused-ring (bicyclic) bond motifs is 1. The molecule has 0 saturated heterocycles. The predicted molar refractivity (Wildman–Crippen MR) is 116 cm³/mol. The highest BCUT2D eigenvalue weighted by atomic mass is 35.5. The number of benzene rings is 1. The normalized spacial score (nSPS) is 16.5. The molecule has 3 nitrogen and oxygen atoms in total. The number of aromatic nitrogens is 3. The van der Waals surface area contributed by atoms with Gasteiger partial charge in [-0.1, -0.05) is 49.3 Å². The fourth-order valence-corrected chi connectivity index (χ4v) is 5.90. The number of hydrogen-bond donors (Lipinski definition) is 0. The molecular formula is C21H24ClN3S2. The molecule has 0 fully saturated rings. The Hall–Kier alpha value is -1.30. The van der Waals surface area contributed by atoms with Gasteiger partial charge in [0.25, 0.3) is 0 Å². The van der Waals surface area contributed by atoms with Gasteiger partial charge in [-0.2, -0.15) is 0 Å². The van der Waals surface area contributed by atoms with E-state index >= 15 is 0 Å². The number of thiophene rings is 1. The first-order valence-corrected chi connectivity index (χ1v) is 11.8. The topological polar surface area (TPSA) is 30.7 Å². The van der Waals surface area contributed by atoms with E-state index in [1.807, 2.05) is 23.5 Å². The fourth-order valence-electron chi connectivity index (χ4n) is 3.61. The summed E-state index contributed by atoms with van der Waals surface area (Å²) in [6.45, 7) is 5.52. The van der Waals surface area contributed by atoms with Crippen molar-refractivity contribution in [3.05, 3.63) is 50.7 Å². The lowest BCUT2D eigenvalue weighted by molar-refractivity contribution is 0.508. The Labute approximate surface area is 174 Å². The molecule has 2 heterocycles. The SMILES string of the molecule is CCCn1c(SCc2ccc(Cl)cc2)nnc1-c1csc2c1CCC(C)C2. The summed E-state index contributed by atoms with van der Waals surface area (Å²) in [5.41, 5.74) is 4.07. The van der Waals surface area contributed by atoms with Crippen molar-refractivity contribution in [3.63, 3.8) is 0 Å². The van der Waals surface area contributed by atoms with E-state index in [-0.39, 0.29) is 0 Å². The van der Waals surface area contributed by atoms with Crippen LogP contribution in [0.5, 0.6) is 0 Å². The summed E-state index contributed by atoms with van der Waals surface area (Å²) in [6.07, 6.45) is 4.72. The first kappa shape index (κ1) is 19.0. The van der Waals surface area contributed by atoms with E-state index in [4.69, 9.17) is 11.6 Å². The van der Waals surface area contributed by atoms with Crippen molar-refractivity contribution in [1.82, 2.24) is 14.8 Å². The molecule has 0 saturated carbocycles. The number of thioether (sulfide) groups is 1. The zero-order valence-corrected chi connectivity index (χ0v) is 18.1. The Morgan fingerprint density at radius 2 is 2.07 bits per heavy atom. The minimum absolute atomic E-state index is 0.775. The second-order valence-electron chi connectivity index (χ2n) is 7.27. The largest absolute Gasteiger partial charge is 0.302 e. The van der Waals surface area contributed by atoms with E-state index in [1.165, 1.54) is 36.0 Å². The van der Waals surface area contributed by atoms with Crippen molar-refractivity contribution in [2.45, 2.75) is 57.0 Å². The van der Waals surface area contributed by atoms with Gasteiger partial charge < -0.3 is 4.57 Å². The van der Waals surface area contributed by atoms with Gasteiger partial charge >= 0.3 is 0 Å². The minimum atomic E-state index is 0.775. The summed E-state index contributed by atoms with van der Waals surface area (Å²) in [6, 6.07) is 8.04. The van der Waals surface area contributed by atoms with E-state index in [9.17, 15) is 0 Å². The molecular weight excluding hydrogens is 394 g/mol. The van der Waals surface area contributed by atoms with Crippen molar-refractivity contribution >= 4 is 34.7 Å². The zero-order chi connectivity index (χ0) is 18.8. The smallest absolute Gasteiger partial charge is 0.191 e. The van der Waals surface area contributed by atoms with Crippen LogP contribution in [0, 0.1) is 5.92 Å². The third-order valence-electron chi connectivity index (χ3n) is 5.09. The lowest BCUT2D eigenvalue weighted by Crippen LogP contribution is -2.10. The highest BCUT2D eigenvalue weighted by Crippen LogP contribution is 2.38. The zero-order valence-electron chi connectivity index (χ0n) is 15.7. The van der Waals surface area contributed by atoms with Crippen molar-refractivity contribution in [1.29, 1.82) is 0 Å². The molecule has 0 N–H and O–H groups in total. The van der Waals surface area contributed by atoms with Gasteiger partial charge in [-0.15, -0.1) is 21.5 Å². The summed E-state index contributed by atoms with van der Waals surface area (Å²) in [5, 5.41) is 13.2. The molecule has 2 aromatic heterocycles. The van der Waals surface area contributed by atoms with Crippen molar-refractivity contribution in [2.75, 3.05) is 0 Å². The molecule has 0 aliphatic heterocycles. The van der Waals surface area contributed by atoms with E-state index < -0.39 is 0 Å². The standard InChI is InChI=1S/C21H24ClN3S2/c1-3-10-25-20(18-13-26-19-11-14(2)4-9-17(18)19)23-24-21(25)27-12-15-5-7-16(22)8-6-15/h5-8,13-14H,3-4,9-12H2,1-2H3. The fraction of sp³-hybridized carbons (Fsp3) is 0.429. The van der Waals surface area contributed by atoms with Crippen LogP contribution >= 0.6 is 34.7 Å². The number of halogens is 1. The molecule has 0 spiro atoms. The van der Waals surface area contributed by atoms with E-state index in [1.54, 1.807) is 16.6 Å². The molecule has 4 rings (SSSR count). The molecule has 0 radical (unpaired) electrons. The van der Waals surface area contributed by atoms with Gasteiger partial charge in [0.1, 0.15) is 0 Å². The highest BCUT2D eigenvalue weighted by Gasteiger charge is 2.24. The third-order valence-corrected chi connectivity index (χ3v) is 7.43. The van der Waals surface area contributed by atoms with Crippen LogP contribution in [0.4, 0.5) is 0 Å². The number of rotatable bonds is 6. The predicted octanol–water partition coefficient (Wildman–Crippen LogP) is 6.49. The maximum absolute atomic E-state index is 5.99. The molecule has 1 aromatic carbocycles. The minimum Gasteiger partial charge on any atom is -0.302 e. The number of nitrogens with zero attached hydrogens (tertiary/aromatic N) is 3. The van der Waals surface area contributed by atoms with Gasteiger partial charge in [0, 0.05) is 33.1 Å². The van der Waals surface area contributed by atoms with Crippen LogP contribution in [0.1, 0.15) is 42.7 Å². The molecule has 6 heteroatoms. The quantitative estimate of drug-likeness (QED) is 0.429. The first-order chi connectivity index (χ1) is 13.2. The Bertz CT molecular complexity index is 914. The van der Waals surface area contributed by atoms with Gasteiger partial charge in [0.15, 0.2) is 11.0 Å². The molecule has 0 bridgehead atoms. The van der Waals surface area contributed by atoms with Gasteiger partial charge in [-0.25, -0.2) is 0 Å². The van der Waals surface area contributed by atoms with Crippen LogP contribution in [-0.4, -0.2) is 14.8 Å². The van der Waals surface area contributed by atoms with Crippen molar-refractivity contribution in [3.8, 4) is 11.4 Å². The maximum atomic E-state index is 5.99. The van der Waals surface area contributed by atoms with Crippen LogP contribution in [-0.2, 0) is 25.1 Å². The van der Waals surface area contributed by atoms with Crippen LogP contribution < -0.4 is 0 Å². The third kappa shape index (κ3) is 4.10. The van der Waals surface area contributed by atoms with E-state index in [0.717, 1.165) is 40.6 Å². The summed E-state index contributed by atoms with van der Waals surface area (Å²) < 4.78 is 2.31. The summed E-state index contributed by atoms with van der Waals surface area (Å²) >= 11 is 9.64. The first-order valence-electron chi connectivity index (χ1n) is 9.55. The van der Waals surface area contributed by atoms with Crippen LogP contribution in [0.25, 0.3) is 11.4 Å². The van der Waals surface area contributed by atoms with Crippen molar-refractivity contribution in [2.24, 2.45) is 5.92 Å². The van der Waals surface area contributed by atoms with Crippen LogP contribution in [0.2, 0.25) is 5.02 Å². The molecule has 3 aromatic rings. The highest BCUT2D eigenvalue weighted by molar-refractivity contribution is 7.98. The van der Waals surface area contributed by atoms with Gasteiger partial charge in [0.2, 0.25) is 0 Å². The van der Waals surface area contributed by atoms with E-state index in [2.05, 4.69) is 46.1 Å². The van der Waals surface area contributed by atoms with Gasteiger partial charge in [-0.3, -0.25) is 0 Å². The van der Waals surface area contributed by atoms with Crippen LogP contribution in [0.15, 0.2) is 34.8 Å². The lowest BCUT2D eigenvalue weighted by Gasteiger charge is -2.19. The molecule has 1 aliphatic carbocycles. The molecule has 0 amide bonds. The van der Waals surface area contributed by atoms with E-state index in [0.29, 0.717) is 0 Å². The summed E-state index contributed by atoms with van der Waals surface area (Å²) in [5.74, 6) is 2.71. The molecule has 142 valence electrons. The lowest BCUT2D eigenvalue weighted by atomic mass is 9.88. The Morgan fingerprint density at radius 3 is 2.85 bits per heavy atom. The Morgan fingerprint density at radius 1 is 1.26 bits per heavy atom. The van der Waals surface area contributed by atoms with Crippen molar-refractivity contribution < 1.29 is 0 Å². The second kappa shape index (κ2) is 8.38. The molecule has 27 heavy (non-hydrogen) atoms. The maximum Gasteiger partial charge on any atom is 0.191 e. The van der Waals surface area contributed by atoms with Gasteiger partial charge in [-0.05, 0) is 54.9 Å². The monoisotopic (exact) mass is 417 g/mol. The molecule has 1 unspecified atom stereocenters. The average Bonchev–Trinajstić information content (AvgIpc) is 3.25. The molecule has 1 aliphatic rings. The summed E-state index contributed by atoms with van der Waals surface area (Å²) in [7, 11) is 0. The van der Waals surface area contributed by atoms with Crippen LogP contribution in [0.3, 0.4) is 0 Å². The molecule has 1 atom stereocenters. The summed E-state index contributed by atoms with van der Waals surface area (Å²) in [4.78, 5) is 1.55. The second-order valence-corrected chi connectivity index (χ2v) is 9.62.